The van der Waals surface area contributed by atoms with Gasteiger partial charge in [0.15, 0.2) is 5.96 Å². The van der Waals surface area contributed by atoms with Crippen LogP contribution >= 0.6 is 24.0 Å². The molecule has 0 saturated heterocycles. The molecule has 0 aliphatic heterocycles. The third kappa shape index (κ3) is 9.69. The van der Waals surface area contributed by atoms with Crippen molar-refractivity contribution in [3.8, 4) is 5.75 Å². The number of rotatable bonds is 6. The molecule has 0 saturated carbocycles. The highest BCUT2D eigenvalue weighted by Crippen LogP contribution is 2.18. The molecule has 8 heteroatoms. The maximum atomic E-state index is 12.0. The first kappa shape index (κ1) is 20.8. The first-order valence-electron chi connectivity index (χ1n) is 6.63. The van der Waals surface area contributed by atoms with Gasteiger partial charge in [0.2, 0.25) is 0 Å². The fraction of sp³-hybridized carbons (Fsp3) is 0.500. The van der Waals surface area contributed by atoms with Gasteiger partial charge in [-0.05, 0) is 19.1 Å². The number of benzene rings is 1. The zero-order chi connectivity index (χ0) is 15.7. The van der Waals surface area contributed by atoms with Crippen LogP contribution in [0.3, 0.4) is 0 Å². The molecule has 0 heterocycles. The van der Waals surface area contributed by atoms with Crippen LogP contribution in [0.1, 0.15) is 13.3 Å². The second-order valence-electron chi connectivity index (χ2n) is 4.49. The summed E-state index contributed by atoms with van der Waals surface area (Å²) in [7, 11) is 1.51. The normalized spacial score (nSPS) is 13.0. The highest BCUT2D eigenvalue weighted by molar-refractivity contribution is 14.0. The number of nitrogens with zero attached hydrogens (tertiary/aromatic N) is 1. The smallest absolute Gasteiger partial charge is 0.390 e. The van der Waals surface area contributed by atoms with E-state index in [0.717, 1.165) is 5.75 Å². The number of alkyl halides is 3. The molecule has 0 aliphatic rings. The lowest BCUT2D eigenvalue weighted by Gasteiger charge is -2.18. The Morgan fingerprint density at radius 1 is 1.23 bits per heavy atom. The first-order chi connectivity index (χ1) is 9.90. The molecule has 1 aromatic carbocycles. The van der Waals surface area contributed by atoms with E-state index in [1.54, 1.807) is 0 Å². The minimum absolute atomic E-state index is 0. The van der Waals surface area contributed by atoms with Gasteiger partial charge in [-0.1, -0.05) is 18.2 Å². The molecule has 0 fully saturated rings. The number of ether oxygens (including phenoxy) is 1. The SMILES string of the molecule is CN=C(NCCC(F)(F)F)NCC(C)Oc1ccccc1.I. The van der Waals surface area contributed by atoms with Gasteiger partial charge in [0.25, 0.3) is 0 Å². The summed E-state index contributed by atoms with van der Waals surface area (Å²) in [6, 6.07) is 9.31. The van der Waals surface area contributed by atoms with Crippen molar-refractivity contribution in [1.29, 1.82) is 0 Å². The Hall–Kier alpha value is -1.19. The van der Waals surface area contributed by atoms with Crippen LogP contribution in [0, 0.1) is 0 Å². The summed E-state index contributed by atoms with van der Waals surface area (Å²) in [4.78, 5) is 3.86. The number of hydrogen-bond acceptors (Lipinski definition) is 2. The zero-order valence-corrected chi connectivity index (χ0v) is 14.8. The third-order valence-electron chi connectivity index (χ3n) is 2.56. The van der Waals surface area contributed by atoms with Gasteiger partial charge >= 0.3 is 6.18 Å². The van der Waals surface area contributed by atoms with Crippen LogP contribution in [0.15, 0.2) is 35.3 Å². The van der Waals surface area contributed by atoms with Gasteiger partial charge in [0, 0.05) is 13.6 Å². The predicted octanol–water partition coefficient (Wildman–Crippen LogP) is 3.19. The molecule has 1 unspecified atom stereocenters. The van der Waals surface area contributed by atoms with E-state index in [1.165, 1.54) is 7.05 Å². The van der Waals surface area contributed by atoms with E-state index in [1.807, 2.05) is 37.3 Å². The summed E-state index contributed by atoms with van der Waals surface area (Å²) in [5.41, 5.74) is 0. The maximum Gasteiger partial charge on any atom is 0.390 e. The Morgan fingerprint density at radius 3 is 2.41 bits per heavy atom. The molecule has 0 amide bonds. The van der Waals surface area contributed by atoms with E-state index >= 15 is 0 Å². The lowest BCUT2D eigenvalue weighted by molar-refractivity contribution is -0.132. The summed E-state index contributed by atoms with van der Waals surface area (Å²) in [6.45, 7) is 2.08. The molecule has 0 aliphatic carbocycles. The molecule has 1 aromatic rings. The van der Waals surface area contributed by atoms with E-state index in [0.29, 0.717) is 12.5 Å². The van der Waals surface area contributed by atoms with Crippen molar-refractivity contribution in [3.05, 3.63) is 30.3 Å². The van der Waals surface area contributed by atoms with E-state index in [9.17, 15) is 13.2 Å². The van der Waals surface area contributed by atoms with Crippen LogP contribution in [0.2, 0.25) is 0 Å². The summed E-state index contributed by atoms with van der Waals surface area (Å²) in [5, 5.41) is 5.53. The topological polar surface area (TPSA) is 45.7 Å². The standard InChI is InChI=1S/C14H20F3N3O.HI/c1-11(21-12-6-4-3-5-7-12)10-20-13(18-2)19-9-8-14(15,16)17;/h3-7,11H,8-10H2,1-2H3,(H2,18,19,20);1H. The number of nitrogens with one attached hydrogen (secondary N) is 2. The van der Waals surface area contributed by atoms with Gasteiger partial charge in [-0.2, -0.15) is 13.2 Å². The van der Waals surface area contributed by atoms with Crippen molar-refractivity contribution in [1.82, 2.24) is 10.6 Å². The Labute approximate surface area is 145 Å². The third-order valence-corrected chi connectivity index (χ3v) is 2.56. The first-order valence-corrected chi connectivity index (χ1v) is 6.63. The van der Waals surface area contributed by atoms with Crippen LogP contribution in [0.25, 0.3) is 0 Å². The largest absolute Gasteiger partial charge is 0.489 e. The molecule has 0 bridgehead atoms. The lowest BCUT2D eigenvalue weighted by Crippen LogP contribution is -2.42. The van der Waals surface area contributed by atoms with Gasteiger partial charge < -0.3 is 15.4 Å². The van der Waals surface area contributed by atoms with Crippen molar-refractivity contribution >= 4 is 29.9 Å². The number of halogens is 4. The van der Waals surface area contributed by atoms with E-state index in [4.69, 9.17) is 4.74 Å². The van der Waals surface area contributed by atoms with Crippen LogP contribution in [0.4, 0.5) is 13.2 Å². The quantitative estimate of drug-likeness (QED) is 0.413. The summed E-state index contributed by atoms with van der Waals surface area (Å²) < 4.78 is 41.8. The number of para-hydroxylation sites is 1. The molecule has 0 radical (unpaired) electrons. The van der Waals surface area contributed by atoms with E-state index < -0.39 is 12.6 Å². The second-order valence-corrected chi connectivity index (χ2v) is 4.49. The summed E-state index contributed by atoms with van der Waals surface area (Å²) in [5.74, 6) is 1.06. The molecule has 4 nitrogen and oxygen atoms in total. The van der Waals surface area contributed by atoms with Crippen LogP contribution in [0.5, 0.6) is 5.75 Å². The minimum Gasteiger partial charge on any atom is -0.489 e. The van der Waals surface area contributed by atoms with Gasteiger partial charge in [-0.15, -0.1) is 24.0 Å². The average Bonchev–Trinajstić information content (AvgIpc) is 2.42. The number of hydrogen-bond donors (Lipinski definition) is 2. The van der Waals surface area contributed by atoms with Crippen LogP contribution in [-0.4, -0.2) is 38.4 Å². The Kier molecular flexibility index (Phi) is 9.95. The Balaban J connectivity index is 0.00000441. The molecule has 126 valence electrons. The van der Waals surface area contributed by atoms with Crippen LogP contribution < -0.4 is 15.4 Å². The molecule has 1 atom stereocenters. The van der Waals surface area contributed by atoms with Crippen molar-refractivity contribution in [3.63, 3.8) is 0 Å². The minimum atomic E-state index is -4.17. The predicted molar refractivity (Wildman–Crippen MR) is 92.0 cm³/mol. The van der Waals surface area contributed by atoms with Gasteiger partial charge in [-0.3, -0.25) is 4.99 Å². The van der Waals surface area contributed by atoms with E-state index in [2.05, 4.69) is 15.6 Å². The van der Waals surface area contributed by atoms with Crippen molar-refractivity contribution in [2.75, 3.05) is 20.1 Å². The summed E-state index contributed by atoms with van der Waals surface area (Å²) >= 11 is 0. The average molecular weight is 431 g/mol. The van der Waals surface area contributed by atoms with Crippen molar-refractivity contribution in [2.24, 2.45) is 4.99 Å². The highest BCUT2D eigenvalue weighted by atomic mass is 127. The van der Waals surface area contributed by atoms with Gasteiger partial charge in [0.05, 0.1) is 13.0 Å². The van der Waals surface area contributed by atoms with Crippen molar-refractivity contribution < 1.29 is 17.9 Å². The van der Waals surface area contributed by atoms with Crippen LogP contribution in [-0.2, 0) is 0 Å². The monoisotopic (exact) mass is 431 g/mol. The Bertz CT molecular complexity index is 441. The molecule has 22 heavy (non-hydrogen) atoms. The molecule has 0 aromatic heterocycles. The summed E-state index contributed by atoms with van der Waals surface area (Å²) in [6.07, 6.45) is -5.21. The van der Waals surface area contributed by atoms with Crippen molar-refractivity contribution in [2.45, 2.75) is 25.6 Å². The lowest BCUT2D eigenvalue weighted by atomic mass is 10.3. The fourth-order valence-electron chi connectivity index (χ4n) is 1.56. The maximum absolute atomic E-state index is 12.0. The zero-order valence-electron chi connectivity index (χ0n) is 12.5. The molecular weight excluding hydrogens is 410 g/mol. The number of aliphatic imine (C=N–C) groups is 1. The molecular formula is C14H21F3IN3O. The highest BCUT2D eigenvalue weighted by Gasteiger charge is 2.26. The Morgan fingerprint density at radius 2 is 1.86 bits per heavy atom. The van der Waals surface area contributed by atoms with Gasteiger partial charge in [-0.25, -0.2) is 0 Å². The fourth-order valence-corrected chi connectivity index (χ4v) is 1.56. The van der Waals surface area contributed by atoms with E-state index in [-0.39, 0.29) is 36.6 Å². The molecule has 0 spiro atoms. The molecule has 1 rings (SSSR count). The second kappa shape index (κ2) is 10.5. The van der Waals surface area contributed by atoms with Gasteiger partial charge in [0.1, 0.15) is 11.9 Å². The number of guanidine groups is 1. The molecule has 2 N–H and O–H groups in total.